The summed E-state index contributed by atoms with van der Waals surface area (Å²) >= 11 is 0. The minimum Gasteiger partial charge on any atom is -0.497 e. The molecule has 0 bridgehead atoms. The lowest BCUT2D eigenvalue weighted by Crippen LogP contribution is -2.50. The first-order chi connectivity index (χ1) is 14.8. The maximum absolute atomic E-state index is 5.36. The standard InChI is InChI=1S/C23H26N6O/c1-30-18-9-7-17(8-10-18)21(22-26-19-5-2-3-6-20(19)27-22)28-13-15-29(16-14-28)23-24-11-4-12-25-23/h2-5,7-12,20-21H,6,13-16H2,1H3,(H,26,27). The third kappa shape index (κ3) is 3.68. The van der Waals surface area contributed by atoms with Gasteiger partial charge in [0.1, 0.15) is 11.6 Å². The lowest BCUT2D eigenvalue weighted by molar-refractivity contribution is 0.226. The van der Waals surface area contributed by atoms with E-state index >= 15 is 0 Å². The smallest absolute Gasteiger partial charge is 0.225 e. The van der Waals surface area contributed by atoms with Gasteiger partial charge in [-0.2, -0.15) is 0 Å². The summed E-state index contributed by atoms with van der Waals surface area (Å²) in [6.07, 6.45) is 11.0. The number of methoxy groups -OCH3 is 1. The van der Waals surface area contributed by atoms with Gasteiger partial charge in [-0.25, -0.2) is 9.97 Å². The van der Waals surface area contributed by atoms with Crippen molar-refractivity contribution < 1.29 is 4.74 Å². The summed E-state index contributed by atoms with van der Waals surface area (Å²) in [7, 11) is 1.70. The first kappa shape index (κ1) is 18.8. The molecule has 5 rings (SSSR count). The van der Waals surface area contributed by atoms with E-state index in [9.17, 15) is 0 Å². The first-order valence-corrected chi connectivity index (χ1v) is 10.4. The summed E-state index contributed by atoms with van der Waals surface area (Å²) in [4.78, 5) is 18.6. The number of aliphatic imine (C=N–C) groups is 1. The second kappa shape index (κ2) is 8.28. The van der Waals surface area contributed by atoms with E-state index in [4.69, 9.17) is 9.73 Å². The molecule has 7 nitrogen and oxygen atoms in total. The molecule has 7 heteroatoms. The number of aromatic nitrogens is 2. The van der Waals surface area contributed by atoms with Gasteiger partial charge >= 0.3 is 0 Å². The second-order valence-electron chi connectivity index (χ2n) is 7.69. The molecule has 2 atom stereocenters. The SMILES string of the molecule is COc1ccc(C(C2=NC3CC=CC=C3N2)N2CCN(c3ncccn3)CC2)cc1. The van der Waals surface area contributed by atoms with E-state index in [0.717, 1.165) is 50.1 Å². The highest BCUT2D eigenvalue weighted by atomic mass is 16.5. The largest absolute Gasteiger partial charge is 0.497 e. The molecule has 30 heavy (non-hydrogen) atoms. The van der Waals surface area contributed by atoms with Gasteiger partial charge in [0, 0.05) is 44.3 Å². The van der Waals surface area contributed by atoms with E-state index in [1.807, 2.05) is 18.2 Å². The molecule has 154 valence electrons. The van der Waals surface area contributed by atoms with Gasteiger partial charge in [0.05, 0.1) is 19.2 Å². The van der Waals surface area contributed by atoms with Crippen molar-refractivity contribution in [3.8, 4) is 5.75 Å². The van der Waals surface area contributed by atoms with Crippen LogP contribution in [0.3, 0.4) is 0 Å². The number of hydrogen-bond donors (Lipinski definition) is 1. The van der Waals surface area contributed by atoms with Crippen LogP contribution in [0.5, 0.6) is 5.75 Å². The minimum atomic E-state index is 0.0845. The Bertz CT molecular complexity index is 961. The summed E-state index contributed by atoms with van der Waals surface area (Å²) in [6.45, 7) is 3.60. The third-order valence-electron chi connectivity index (χ3n) is 5.90. The van der Waals surface area contributed by atoms with E-state index in [2.05, 4.69) is 55.4 Å². The Morgan fingerprint density at radius 2 is 1.83 bits per heavy atom. The number of anilines is 1. The Balaban J connectivity index is 1.39. The topological polar surface area (TPSA) is 65.9 Å². The van der Waals surface area contributed by atoms with Crippen molar-refractivity contribution in [2.24, 2.45) is 4.99 Å². The molecule has 1 aliphatic carbocycles. The number of piperazine rings is 1. The van der Waals surface area contributed by atoms with Gasteiger partial charge in [-0.05, 0) is 36.3 Å². The number of allylic oxidation sites excluding steroid dienone is 2. The van der Waals surface area contributed by atoms with Gasteiger partial charge < -0.3 is 15.0 Å². The third-order valence-corrected chi connectivity index (χ3v) is 5.90. The zero-order valence-electron chi connectivity index (χ0n) is 17.1. The second-order valence-corrected chi connectivity index (χ2v) is 7.69. The van der Waals surface area contributed by atoms with Crippen molar-refractivity contribution in [2.75, 3.05) is 38.2 Å². The van der Waals surface area contributed by atoms with Crippen molar-refractivity contribution in [2.45, 2.75) is 18.5 Å². The number of amidine groups is 1. The quantitative estimate of drug-likeness (QED) is 0.829. The molecule has 3 heterocycles. The number of benzene rings is 1. The molecule has 1 N–H and O–H groups in total. The number of hydrogen-bond acceptors (Lipinski definition) is 7. The molecule has 2 aliphatic heterocycles. The number of nitrogens with zero attached hydrogens (tertiary/aromatic N) is 5. The van der Waals surface area contributed by atoms with Crippen molar-refractivity contribution in [3.63, 3.8) is 0 Å². The van der Waals surface area contributed by atoms with Crippen LogP contribution in [0.15, 0.2) is 71.6 Å². The van der Waals surface area contributed by atoms with Crippen LogP contribution in [-0.4, -0.2) is 60.0 Å². The zero-order chi connectivity index (χ0) is 20.3. The molecule has 2 unspecified atom stereocenters. The van der Waals surface area contributed by atoms with Gasteiger partial charge in [-0.3, -0.25) is 9.89 Å². The van der Waals surface area contributed by atoms with Gasteiger partial charge in [0.15, 0.2) is 0 Å². The van der Waals surface area contributed by atoms with Crippen molar-refractivity contribution in [1.29, 1.82) is 0 Å². The Labute approximate surface area is 176 Å². The lowest BCUT2D eigenvalue weighted by Gasteiger charge is -2.39. The molecule has 0 spiro atoms. The maximum Gasteiger partial charge on any atom is 0.225 e. The molecule has 1 aromatic carbocycles. The number of nitrogens with one attached hydrogen (secondary N) is 1. The summed E-state index contributed by atoms with van der Waals surface area (Å²) in [5, 5.41) is 3.61. The van der Waals surface area contributed by atoms with Crippen LogP contribution in [-0.2, 0) is 0 Å². The monoisotopic (exact) mass is 402 g/mol. The van der Waals surface area contributed by atoms with Crippen LogP contribution in [0.2, 0.25) is 0 Å². The number of ether oxygens (including phenoxy) is 1. The highest BCUT2D eigenvalue weighted by Gasteiger charge is 2.34. The normalized spacial score (nSPS) is 22.0. The summed E-state index contributed by atoms with van der Waals surface area (Å²) in [5.74, 6) is 2.70. The molecule has 0 amide bonds. The molecule has 3 aliphatic rings. The van der Waals surface area contributed by atoms with Gasteiger partial charge in [-0.1, -0.05) is 24.3 Å². The van der Waals surface area contributed by atoms with Gasteiger partial charge in [-0.15, -0.1) is 0 Å². The Hall–Kier alpha value is -3.19. The van der Waals surface area contributed by atoms with E-state index in [1.165, 1.54) is 11.3 Å². The van der Waals surface area contributed by atoms with Crippen LogP contribution in [0.4, 0.5) is 5.95 Å². The van der Waals surface area contributed by atoms with E-state index in [1.54, 1.807) is 19.5 Å². The average molecular weight is 403 g/mol. The van der Waals surface area contributed by atoms with Crippen LogP contribution in [0, 0.1) is 0 Å². The summed E-state index contributed by atoms with van der Waals surface area (Å²) in [6, 6.07) is 10.5. The van der Waals surface area contributed by atoms with Crippen molar-refractivity contribution >= 4 is 11.8 Å². The number of fused-ring (bicyclic) bond motifs is 1. The Morgan fingerprint density at radius 1 is 1.07 bits per heavy atom. The highest BCUT2D eigenvalue weighted by Crippen LogP contribution is 2.30. The predicted octanol–water partition coefficient (Wildman–Crippen LogP) is 2.56. The van der Waals surface area contributed by atoms with Gasteiger partial charge in [0.2, 0.25) is 5.95 Å². The molecule has 1 aromatic heterocycles. The molecule has 0 saturated carbocycles. The fraction of sp³-hybridized carbons (Fsp3) is 0.348. The van der Waals surface area contributed by atoms with Gasteiger partial charge in [0.25, 0.3) is 0 Å². The molecular formula is C23H26N6O. The van der Waals surface area contributed by atoms with Crippen molar-refractivity contribution in [3.05, 3.63) is 72.2 Å². The van der Waals surface area contributed by atoms with E-state index < -0.39 is 0 Å². The molecule has 0 radical (unpaired) electrons. The molecule has 1 saturated heterocycles. The van der Waals surface area contributed by atoms with Crippen LogP contribution >= 0.6 is 0 Å². The molecular weight excluding hydrogens is 376 g/mol. The number of rotatable bonds is 5. The molecule has 2 aromatic rings. The minimum absolute atomic E-state index is 0.0845. The van der Waals surface area contributed by atoms with Crippen LogP contribution < -0.4 is 15.0 Å². The predicted molar refractivity (Wildman–Crippen MR) is 118 cm³/mol. The zero-order valence-corrected chi connectivity index (χ0v) is 17.1. The van der Waals surface area contributed by atoms with Crippen LogP contribution in [0.1, 0.15) is 18.0 Å². The van der Waals surface area contributed by atoms with E-state index in [0.29, 0.717) is 0 Å². The summed E-state index contributed by atoms with van der Waals surface area (Å²) < 4.78 is 5.36. The van der Waals surface area contributed by atoms with Crippen LogP contribution in [0.25, 0.3) is 0 Å². The maximum atomic E-state index is 5.36. The molecule has 1 fully saturated rings. The van der Waals surface area contributed by atoms with E-state index in [-0.39, 0.29) is 12.1 Å². The highest BCUT2D eigenvalue weighted by molar-refractivity contribution is 5.92. The fourth-order valence-electron chi connectivity index (χ4n) is 4.31. The fourth-order valence-corrected chi connectivity index (χ4v) is 4.31. The summed E-state index contributed by atoms with van der Waals surface area (Å²) in [5.41, 5.74) is 2.42. The Kier molecular flexibility index (Phi) is 5.19. The first-order valence-electron chi connectivity index (χ1n) is 10.4. The Morgan fingerprint density at radius 3 is 2.53 bits per heavy atom. The lowest BCUT2D eigenvalue weighted by atomic mass is 10.0. The average Bonchev–Trinajstić information content (AvgIpc) is 3.24. The van der Waals surface area contributed by atoms with Crippen molar-refractivity contribution in [1.82, 2.24) is 20.2 Å².